The van der Waals surface area contributed by atoms with Crippen molar-refractivity contribution in [1.29, 1.82) is 0 Å². The van der Waals surface area contributed by atoms with Crippen LogP contribution in [-0.4, -0.2) is 16.4 Å². The van der Waals surface area contributed by atoms with Gasteiger partial charge in [0.05, 0.1) is 0 Å². The van der Waals surface area contributed by atoms with Crippen LogP contribution in [0.2, 0.25) is 0 Å². The van der Waals surface area contributed by atoms with E-state index in [4.69, 9.17) is 10.5 Å². The highest BCUT2D eigenvalue weighted by Gasteiger charge is 2.51. The van der Waals surface area contributed by atoms with Crippen molar-refractivity contribution in [2.24, 2.45) is 11.7 Å². The molecular formula is C32H34N3O3+. The molecule has 1 aliphatic rings. The lowest BCUT2D eigenvalue weighted by molar-refractivity contribution is -0.691. The average Bonchev–Trinajstić information content (AvgIpc) is 3.57. The van der Waals surface area contributed by atoms with E-state index in [-0.39, 0.29) is 37.0 Å². The quantitative estimate of drug-likeness (QED) is 0.264. The second kappa shape index (κ2) is 11.1. The maximum atomic E-state index is 13.4. The van der Waals surface area contributed by atoms with E-state index in [1.807, 2.05) is 115 Å². The molecule has 2 N–H and O–H groups in total. The zero-order valence-electron chi connectivity index (χ0n) is 21.7. The second-order valence-corrected chi connectivity index (χ2v) is 10.1. The summed E-state index contributed by atoms with van der Waals surface area (Å²) in [6.07, 6.45) is 6.56. The van der Waals surface area contributed by atoms with Crippen molar-refractivity contribution < 1.29 is 18.9 Å². The van der Waals surface area contributed by atoms with Crippen LogP contribution in [0, 0.1) is 12.8 Å². The molecule has 4 aromatic rings. The fourth-order valence-electron chi connectivity index (χ4n) is 6.12. The first-order valence-electron chi connectivity index (χ1n) is 13.2. The first-order chi connectivity index (χ1) is 18.5. The van der Waals surface area contributed by atoms with Gasteiger partial charge in [-0.05, 0) is 41.9 Å². The van der Waals surface area contributed by atoms with Crippen molar-refractivity contribution in [3.63, 3.8) is 0 Å². The summed E-state index contributed by atoms with van der Waals surface area (Å²) in [5, 5.41) is 0. The Kier molecular flexibility index (Phi) is 7.40. The molecule has 0 unspecified atom stereocenters. The molecule has 1 heterocycles. The van der Waals surface area contributed by atoms with Crippen molar-refractivity contribution in [2.45, 2.75) is 50.8 Å². The van der Waals surface area contributed by atoms with Gasteiger partial charge in [0.15, 0.2) is 6.54 Å². The van der Waals surface area contributed by atoms with Gasteiger partial charge in [-0.15, -0.1) is 0 Å². The number of rotatable bonds is 9. The lowest BCUT2D eigenvalue weighted by Crippen LogP contribution is -2.47. The van der Waals surface area contributed by atoms with Gasteiger partial charge in [-0.2, -0.15) is 0 Å². The number of ether oxygens (including phenoxy) is 1. The molecule has 0 radical (unpaired) electrons. The van der Waals surface area contributed by atoms with Crippen LogP contribution in [0.3, 0.4) is 0 Å². The molecular weight excluding hydrogens is 474 g/mol. The Labute approximate surface area is 223 Å². The molecule has 0 aliphatic heterocycles. The zero-order valence-corrected chi connectivity index (χ0v) is 21.7. The summed E-state index contributed by atoms with van der Waals surface area (Å²) in [4.78, 5) is 25.9. The molecule has 1 amide bonds. The van der Waals surface area contributed by atoms with Gasteiger partial charge >= 0.3 is 5.97 Å². The Morgan fingerprint density at radius 1 is 0.921 bits per heavy atom. The summed E-state index contributed by atoms with van der Waals surface area (Å²) in [7, 11) is 0. The van der Waals surface area contributed by atoms with E-state index in [2.05, 4.69) is 4.57 Å². The maximum absolute atomic E-state index is 13.4. The van der Waals surface area contributed by atoms with Crippen LogP contribution in [0.4, 0.5) is 0 Å². The molecule has 1 aromatic heterocycles. The molecule has 194 valence electrons. The third-order valence-electron chi connectivity index (χ3n) is 8.00. The van der Waals surface area contributed by atoms with E-state index in [1.54, 1.807) is 0 Å². The predicted molar refractivity (Wildman–Crippen MR) is 145 cm³/mol. The summed E-state index contributed by atoms with van der Waals surface area (Å²) in [6, 6.07) is 29.7. The van der Waals surface area contributed by atoms with Gasteiger partial charge in [0.2, 0.25) is 5.91 Å². The van der Waals surface area contributed by atoms with Gasteiger partial charge in [0.1, 0.15) is 30.5 Å². The molecule has 6 nitrogen and oxygen atoms in total. The number of aromatic nitrogens is 2. The molecule has 0 spiro atoms. The van der Waals surface area contributed by atoms with Crippen molar-refractivity contribution in [1.82, 2.24) is 4.57 Å². The molecule has 1 aliphatic carbocycles. The largest absolute Gasteiger partial charge is 0.458 e. The number of carbonyl (C=O) groups is 2. The van der Waals surface area contributed by atoms with E-state index in [1.165, 1.54) is 0 Å². The number of nitrogens with two attached hydrogens (primary N) is 1. The normalized spacial score (nSPS) is 17.3. The Balaban J connectivity index is 1.36. The topological polar surface area (TPSA) is 78.2 Å². The monoisotopic (exact) mass is 508 g/mol. The van der Waals surface area contributed by atoms with Crippen LogP contribution >= 0.6 is 0 Å². The number of carbonyl (C=O) groups excluding carboxylic acids is 2. The van der Waals surface area contributed by atoms with Crippen LogP contribution < -0.4 is 10.3 Å². The summed E-state index contributed by atoms with van der Waals surface area (Å²) in [6.45, 7) is 2.44. The molecule has 5 rings (SSSR count). The molecule has 3 aromatic carbocycles. The lowest BCUT2D eigenvalue weighted by atomic mass is 9.64. The first-order valence-corrected chi connectivity index (χ1v) is 13.2. The molecule has 0 saturated heterocycles. The van der Waals surface area contributed by atoms with Crippen molar-refractivity contribution in [3.05, 3.63) is 126 Å². The first kappa shape index (κ1) is 25.5. The second-order valence-electron chi connectivity index (χ2n) is 10.1. The fraction of sp³-hybridized carbons (Fsp3) is 0.281. The van der Waals surface area contributed by atoms with Gasteiger partial charge in [-0.3, -0.25) is 4.79 Å². The number of hydrogen-bond acceptors (Lipinski definition) is 3. The maximum Gasteiger partial charge on any atom is 0.348 e. The van der Waals surface area contributed by atoms with E-state index >= 15 is 0 Å². The average molecular weight is 509 g/mol. The molecule has 6 heteroatoms. The van der Waals surface area contributed by atoms with Crippen LogP contribution in [-0.2, 0) is 32.9 Å². The van der Waals surface area contributed by atoms with Gasteiger partial charge in [-0.1, -0.05) is 91.0 Å². The number of imidazole rings is 1. The Hall–Kier alpha value is -4.19. The predicted octanol–water partition coefficient (Wildman–Crippen LogP) is 4.64. The minimum Gasteiger partial charge on any atom is -0.458 e. The van der Waals surface area contributed by atoms with Crippen LogP contribution in [0.5, 0.6) is 0 Å². The lowest BCUT2D eigenvalue weighted by Gasteiger charge is -2.37. The van der Waals surface area contributed by atoms with Gasteiger partial charge < -0.3 is 10.5 Å². The Morgan fingerprint density at radius 2 is 1.50 bits per heavy atom. The minimum atomic E-state index is -0.907. The number of amides is 1. The van der Waals surface area contributed by atoms with Gasteiger partial charge in [0, 0.05) is 6.92 Å². The highest BCUT2D eigenvalue weighted by molar-refractivity contribution is 5.91. The van der Waals surface area contributed by atoms with Gasteiger partial charge in [-0.25, -0.2) is 13.9 Å². The molecule has 1 fully saturated rings. The highest BCUT2D eigenvalue weighted by Crippen LogP contribution is 2.49. The highest BCUT2D eigenvalue weighted by atomic mass is 16.5. The van der Waals surface area contributed by atoms with E-state index in [9.17, 15) is 9.59 Å². The summed E-state index contributed by atoms with van der Waals surface area (Å²) in [5.41, 5.74) is 8.19. The fourth-order valence-corrected chi connectivity index (χ4v) is 6.12. The summed E-state index contributed by atoms with van der Waals surface area (Å²) in [5.74, 6) is 0.434. The van der Waals surface area contributed by atoms with Crippen molar-refractivity contribution >= 4 is 11.9 Å². The number of primary amides is 1. The third-order valence-corrected chi connectivity index (χ3v) is 8.00. The summed E-state index contributed by atoms with van der Waals surface area (Å²) < 4.78 is 9.64. The molecule has 0 bridgehead atoms. The van der Waals surface area contributed by atoms with Gasteiger partial charge in [0.25, 0.3) is 5.82 Å². The summed E-state index contributed by atoms with van der Waals surface area (Å²) >= 11 is 0. The number of nitrogens with zero attached hydrogens (tertiary/aromatic N) is 2. The standard InChI is InChI=1S/C32H33N3O3/c1-24-34(22-30(36)38-23-25-11-5-2-6-12-25)19-20-35(24)29-18-17-28(21-29)32(31(33)37,26-13-7-3-8-14-26)27-15-9-4-10-16-27/h2-16,19-20,28-29H,17-18,21-23H2,1H3,(H-,33,37)/p+1/t28-,29+/m1/s1. The third kappa shape index (κ3) is 4.86. The van der Waals surface area contributed by atoms with E-state index in [0.29, 0.717) is 0 Å². The molecule has 1 saturated carbocycles. The van der Waals surface area contributed by atoms with Crippen LogP contribution in [0.25, 0.3) is 0 Å². The SMILES string of the molecule is Cc1n([C@H]2CC[C@@H](C(C(N)=O)(c3ccccc3)c3ccccc3)C2)cc[n+]1CC(=O)OCc1ccccc1. The molecule has 2 atom stereocenters. The Morgan fingerprint density at radius 3 is 2.08 bits per heavy atom. The number of esters is 1. The van der Waals surface area contributed by atoms with Crippen molar-refractivity contribution in [2.75, 3.05) is 0 Å². The van der Waals surface area contributed by atoms with Crippen LogP contribution in [0.1, 0.15) is 47.8 Å². The zero-order chi connectivity index (χ0) is 26.5. The van der Waals surface area contributed by atoms with Crippen LogP contribution in [0.15, 0.2) is 103 Å². The Bertz CT molecular complexity index is 1340. The smallest absolute Gasteiger partial charge is 0.348 e. The van der Waals surface area contributed by atoms with E-state index < -0.39 is 5.41 Å². The van der Waals surface area contributed by atoms with E-state index in [0.717, 1.165) is 41.8 Å². The minimum absolute atomic E-state index is 0.0425. The number of benzene rings is 3. The number of hydrogen-bond donors (Lipinski definition) is 1. The molecule has 38 heavy (non-hydrogen) atoms. The van der Waals surface area contributed by atoms with Crippen molar-refractivity contribution in [3.8, 4) is 0 Å².